The molecule has 3 nitrogen and oxygen atoms in total. The molecule has 2 aromatic carbocycles. The lowest BCUT2D eigenvalue weighted by molar-refractivity contribution is -0.143. The fourth-order valence-electron chi connectivity index (χ4n) is 3.13. The van der Waals surface area contributed by atoms with Gasteiger partial charge < -0.3 is 14.8 Å². The molecule has 0 spiro atoms. The van der Waals surface area contributed by atoms with E-state index in [-0.39, 0.29) is 17.4 Å². The highest BCUT2D eigenvalue weighted by molar-refractivity contribution is 5.39. The third-order valence-electron chi connectivity index (χ3n) is 4.65. The predicted octanol–water partition coefficient (Wildman–Crippen LogP) is 5.66. The molecule has 2 atom stereocenters. The topological polar surface area (TPSA) is 30.5 Å². The van der Waals surface area contributed by atoms with Crippen LogP contribution in [0.2, 0.25) is 0 Å². The maximum absolute atomic E-state index is 14.5. The van der Waals surface area contributed by atoms with E-state index in [0.717, 1.165) is 6.07 Å². The summed E-state index contributed by atoms with van der Waals surface area (Å²) in [5.74, 6) is -1.07. The van der Waals surface area contributed by atoms with Crippen LogP contribution in [0.25, 0.3) is 0 Å². The van der Waals surface area contributed by atoms with Crippen LogP contribution in [0.3, 0.4) is 0 Å². The van der Waals surface area contributed by atoms with E-state index < -0.39 is 41.5 Å². The molecule has 30 heavy (non-hydrogen) atoms. The molecule has 2 aromatic rings. The van der Waals surface area contributed by atoms with Gasteiger partial charge in [-0.1, -0.05) is 12.1 Å². The van der Waals surface area contributed by atoms with Crippen molar-refractivity contribution in [1.82, 2.24) is 5.32 Å². The van der Waals surface area contributed by atoms with Crippen molar-refractivity contribution in [1.29, 1.82) is 0 Å². The summed E-state index contributed by atoms with van der Waals surface area (Å²) in [4.78, 5) is 0. The van der Waals surface area contributed by atoms with Crippen molar-refractivity contribution >= 4 is 0 Å². The van der Waals surface area contributed by atoms with Crippen LogP contribution in [0.4, 0.5) is 30.7 Å². The maximum Gasteiger partial charge on any atom is 0.416 e. The molecule has 1 heterocycles. The Kier molecular flexibility index (Phi) is 6.28. The van der Waals surface area contributed by atoms with Gasteiger partial charge in [-0.05, 0) is 36.8 Å². The Bertz CT molecular complexity index is 857. The van der Waals surface area contributed by atoms with E-state index in [4.69, 9.17) is 9.47 Å². The van der Waals surface area contributed by atoms with Crippen LogP contribution in [0.15, 0.2) is 36.4 Å². The van der Waals surface area contributed by atoms with E-state index in [9.17, 15) is 30.7 Å². The van der Waals surface area contributed by atoms with E-state index in [2.05, 4.69) is 5.32 Å². The quantitative estimate of drug-likeness (QED) is 0.626. The van der Waals surface area contributed by atoms with Crippen LogP contribution in [0, 0.1) is 5.82 Å². The molecule has 0 aromatic heterocycles. The number of para-hydroxylation sites is 1. The average Bonchev–Trinajstić information content (AvgIpc) is 2.68. The van der Waals surface area contributed by atoms with E-state index in [0.29, 0.717) is 37.4 Å². The maximum atomic E-state index is 14.5. The molecule has 0 aliphatic carbocycles. The van der Waals surface area contributed by atoms with Crippen LogP contribution in [0.1, 0.15) is 41.4 Å². The fraction of sp³-hybridized carbons (Fsp3) is 0.400. The van der Waals surface area contributed by atoms with Crippen molar-refractivity contribution in [3.05, 3.63) is 64.5 Å². The first-order valence-electron chi connectivity index (χ1n) is 9.03. The Morgan fingerprint density at radius 3 is 2.20 bits per heavy atom. The van der Waals surface area contributed by atoms with E-state index >= 15 is 0 Å². The molecular weight excluding hydrogens is 419 g/mol. The van der Waals surface area contributed by atoms with Crippen LogP contribution < -0.4 is 10.1 Å². The Morgan fingerprint density at radius 2 is 1.67 bits per heavy atom. The number of alkyl halides is 6. The standard InChI is InChI=1S/C20H18F7NO2/c1-11(12-7-13(19(22,23)24)9-14(8-12)20(25,26)27)30-18-15(3-2-4-16(18)21)17-10-28-5-6-29-17/h2-4,7-9,11,17,28H,5-6,10H2,1H3/t11-,17+/m1/s1. The molecule has 0 saturated carbocycles. The summed E-state index contributed by atoms with van der Waals surface area (Å²) in [5.41, 5.74) is -2.99. The van der Waals surface area contributed by atoms with Crippen molar-refractivity contribution < 1.29 is 40.2 Å². The third kappa shape index (κ3) is 5.04. The van der Waals surface area contributed by atoms with Gasteiger partial charge in [-0.3, -0.25) is 0 Å². The van der Waals surface area contributed by atoms with Gasteiger partial charge in [0, 0.05) is 18.7 Å². The molecule has 0 amide bonds. The summed E-state index contributed by atoms with van der Waals surface area (Å²) in [6.45, 7) is 2.57. The summed E-state index contributed by atoms with van der Waals surface area (Å²) < 4.78 is 104. The molecule has 1 N–H and O–H groups in total. The SMILES string of the molecule is C[C@@H](Oc1c(F)cccc1[C@@H]1CNCCO1)c1cc(C(F)(F)F)cc(C(F)(F)F)c1. The Balaban J connectivity index is 1.97. The monoisotopic (exact) mass is 437 g/mol. The lowest BCUT2D eigenvalue weighted by atomic mass is 10.0. The van der Waals surface area contributed by atoms with Gasteiger partial charge >= 0.3 is 12.4 Å². The number of hydrogen-bond acceptors (Lipinski definition) is 3. The minimum Gasteiger partial charge on any atom is -0.483 e. The highest BCUT2D eigenvalue weighted by Gasteiger charge is 2.37. The number of rotatable bonds is 4. The van der Waals surface area contributed by atoms with Crippen molar-refractivity contribution in [2.75, 3.05) is 19.7 Å². The van der Waals surface area contributed by atoms with Gasteiger partial charge in [0.25, 0.3) is 0 Å². The normalized spacial score (nSPS) is 18.9. The molecule has 0 unspecified atom stereocenters. The molecule has 0 bridgehead atoms. The zero-order chi connectivity index (χ0) is 22.1. The Labute approximate surface area is 167 Å². The van der Waals surface area contributed by atoms with Gasteiger partial charge in [0.2, 0.25) is 0 Å². The van der Waals surface area contributed by atoms with Gasteiger partial charge in [0.1, 0.15) is 6.10 Å². The minimum atomic E-state index is -4.99. The summed E-state index contributed by atoms with van der Waals surface area (Å²) in [5, 5.41) is 3.06. The zero-order valence-electron chi connectivity index (χ0n) is 15.7. The third-order valence-corrected chi connectivity index (χ3v) is 4.65. The number of halogens is 7. The molecule has 1 fully saturated rings. The number of ether oxygens (including phenoxy) is 2. The van der Waals surface area contributed by atoms with Crippen molar-refractivity contribution in [3.63, 3.8) is 0 Å². The molecular formula is C20H18F7NO2. The highest BCUT2D eigenvalue weighted by Crippen LogP contribution is 2.39. The molecule has 0 radical (unpaired) electrons. The predicted molar refractivity (Wildman–Crippen MR) is 93.5 cm³/mol. The summed E-state index contributed by atoms with van der Waals surface area (Å²) in [7, 11) is 0. The molecule has 164 valence electrons. The van der Waals surface area contributed by atoms with Gasteiger partial charge in [0.05, 0.1) is 23.8 Å². The van der Waals surface area contributed by atoms with E-state index in [1.165, 1.54) is 19.1 Å². The molecule has 10 heteroatoms. The number of nitrogens with one attached hydrogen (secondary N) is 1. The van der Waals surface area contributed by atoms with E-state index in [1.54, 1.807) is 0 Å². The average molecular weight is 437 g/mol. The highest BCUT2D eigenvalue weighted by atomic mass is 19.4. The number of hydrogen-bond donors (Lipinski definition) is 1. The van der Waals surface area contributed by atoms with Crippen molar-refractivity contribution in [2.24, 2.45) is 0 Å². The molecule has 1 aliphatic heterocycles. The minimum absolute atomic E-state index is 0.0340. The first-order chi connectivity index (χ1) is 14.0. The van der Waals surface area contributed by atoms with E-state index in [1.807, 2.05) is 0 Å². The first-order valence-corrected chi connectivity index (χ1v) is 9.03. The van der Waals surface area contributed by atoms with Gasteiger partial charge in [-0.2, -0.15) is 26.3 Å². The molecule has 1 saturated heterocycles. The van der Waals surface area contributed by atoms with Crippen LogP contribution in [-0.4, -0.2) is 19.7 Å². The van der Waals surface area contributed by atoms with Crippen LogP contribution >= 0.6 is 0 Å². The molecule has 3 rings (SSSR count). The smallest absolute Gasteiger partial charge is 0.416 e. The summed E-state index contributed by atoms with van der Waals surface area (Å²) in [6, 6.07) is 5.22. The lowest BCUT2D eigenvalue weighted by Gasteiger charge is -2.27. The largest absolute Gasteiger partial charge is 0.483 e. The van der Waals surface area contributed by atoms with Gasteiger partial charge in [-0.15, -0.1) is 0 Å². The fourth-order valence-corrected chi connectivity index (χ4v) is 3.13. The van der Waals surface area contributed by atoms with Crippen LogP contribution in [-0.2, 0) is 17.1 Å². The summed E-state index contributed by atoms with van der Waals surface area (Å²) in [6.07, 6.45) is -11.8. The number of morpholine rings is 1. The molecule has 1 aliphatic rings. The van der Waals surface area contributed by atoms with Crippen molar-refractivity contribution in [3.8, 4) is 5.75 Å². The lowest BCUT2D eigenvalue weighted by Crippen LogP contribution is -2.33. The zero-order valence-corrected chi connectivity index (χ0v) is 15.7. The second-order valence-electron chi connectivity index (χ2n) is 6.82. The second-order valence-corrected chi connectivity index (χ2v) is 6.82. The van der Waals surface area contributed by atoms with Crippen molar-refractivity contribution in [2.45, 2.75) is 31.5 Å². The summed E-state index contributed by atoms with van der Waals surface area (Å²) >= 11 is 0. The van der Waals surface area contributed by atoms with Gasteiger partial charge in [-0.25, -0.2) is 4.39 Å². The van der Waals surface area contributed by atoms with Crippen LogP contribution in [0.5, 0.6) is 5.75 Å². The first kappa shape index (κ1) is 22.4. The Morgan fingerprint density at radius 1 is 1.03 bits per heavy atom. The van der Waals surface area contributed by atoms with Gasteiger partial charge in [0.15, 0.2) is 11.6 Å². The number of benzene rings is 2. The Hall–Kier alpha value is -2.33. The second kappa shape index (κ2) is 8.43.